The Kier molecular flexibility index (Phi) is 4.50. The molecule has 1 aromatic rings. The number of hydrogen-bond acceptors (Lipinski definition) is 6. The maximum Gasteiger partial charge on any atom is 0.356 e. The highest BCUT2D eigenvalue weighted by atomic mass is 16.4. The van der Waals surface area contributed by atoms with Gasteiger partial charge in [-0.3, -0.25) is 10.2 Å². The zero-order valence-electron chi connectivity index (χ0n) is 9.47. The van der Waals surface area contributed by atoms with E-state index in [9.17, 15) is 9.59 Å². The summed E-state index contributed by atoms with van der Waals surface area (Å²) < 4.78 is 0. The zero-order valence-corrected chi connectivity index (χ0v) is 9.47. The second-order valence-electron chi connectivity index (χ2n) is 3.14. The number of carbonyl (C=O) groups excluding carboxylic acids is 1. The van der Waals surface area contributed by atoms with E-state index in [-0.39, 0.29) is 23.1 Å². The van der Waals surface area contributed by atoms with Crippen molar-refractivity contribution in [3.8, 4) is 0 Å². The minimum Gasteiger partial charge on any atom is -0.476 e. The molecule has 0 aliphatic rings. The van der Waals surface area contributed by atoms with Crippen LogP contribution in [-0.2, 0) is 4.79 Å². The third kappa shape index (κ3) is 3.67. The van der Waals surface area contributed by atoms with Gasteiger partial charge in [0.1, 0.15) is 5.82 Å². The minimum atomic E-state index is -1.25. The quantitative estimate of drug-likeness (QED) is 0.453. The second-order valence-corrected chi connectivity index (χ2v) is 3.14. The van der Waals surface area contributed by atoms with Gasteiger partial charge < -0.3 is 15.8 Å². The number of nitrogens with one attached hydrogen (secondary N) is 3. The number of hydrazone groups is 1. The van der Waals surface area contributed by atoms with Crippen LogP contribution < -0.4 is 10.7 Å². The number of rotatable bonds is 5. The lowest BCUT2D eigenvalue weighted by Gasteiger charge is -2.07. The third-order valence-corrected chi connectivity index (χ3v) is 1.74. The van der Waals surface area contributed by atoms with E-state index in [4.69, 9.17) is 10.5 Å². The van der Waals surface area contributed by atoms with Crippen LogP contribution in [0.3, 0.4) is 0 Å². The molecule has 0 aliphatic carbocycles. The van der Waals surface area contributed by atoms with E-state index < -0.39 is 5.97 Å². The molecule has 0 unspecified atom stereocenters. The lowest BCUT2D eigenvalue weighted by Crippen LogP contribution is -2.11. The number of aromatic nitrogens is 1. The number of carboxylic acid groups (broad SMARTS) is 1. The molecule has 0 aliphatic heterocycles. The van der Waals surface area contributed by atoms with E-state index in [0.29, 0.717) is 0 Å². The van der Waals surface area contributed by atoms with E-state index in [1.54, 1.807) is 0 Å². The van der Waals surface area contributed by atoms with Gasteiger partial charge in [-0.05, 0) is 12.1 Å². The van der Waals surface area contributed by atoms with Crippen molar-refractivity contribution in [3.63, 3.8) is 0 Å². The molecular formula is C10H11N5O3. The Bertz CT molecular complexity index is 512. The molecule has 18 heavy (non-hydrogen) atoms. The number of aromatic carboxylic acids is 1. The predicted octanol–water partition coefficient (Wildman–Crippen LogP) is 0.785. The van der Waals surface area contributed by atoms with Crippen LogP contribution in [0.2, 0.25) is 0 Å². The van der Waals surface area contributed by atoms with Gasteiger partial charge in [0.25, 0.3) is 0 Å². The largest absolute Gasteiger partial charge is 0.476 e. The monoisotopic (exact) mass is 249 g/mol. The number of pyridine rings is 1. The Balaban J connectivity index is 3.04. The highest BCUT2D eigenvalue weighted by Gasteiger charge is 2.13. The fourth-order valence-electron chi connectivity index (χ4n) is 1.11. The summed E-state index contributed by atoms with van der Waals surface area (Å²) in [4.78, 5) is 25.6. The Labute approximate surface area is 102 Å². The van der Waals surface area contributed by atoms with Gasteiger partial charge in [-0.1, -0.05) is 0 Å². The first kappa shape index (κ1) is 13.3. The van der Waals surface area contributed by atoms with Crippen molar-refractivity contribution in [2.24, 2.45) is 5.10 Å². The molecule has 1 heterocycles. The maximum atomic E-state index is 11.0. The van der Waals surface area contributed by atoms with Crippen molar-refractivity contribution < 1.29 is 14.7 Å². The Morgan fingerprint density at radius 1 is 1.50 bits per heavy atom. The summed E-state index contributed by atoms with van der Waals surface area (Å²) >= 11 is 0. The van der Waals surface area contributed by atoms with Gasteiger partial charge in [-0.15, -0.1) is 0 Å². The highest BCUT2D eigenvalue weighted by Crippen LogP contribution is 2.16. The number of amides is 1. The van der Waals surface area contributed by atoms with Crippen molar-refractivity contribution in [2.75, 3.05) is 10.7 Å². The molecule has 0 atom stereocenters. The summed E-state index contributed by atoms with van der Waals surface area (Å²) in [6.07, 6.45) is 2.08. The molecule has 8 heteroatoms. The molecule has 0 bridgehead atoms. The normalized spacial score (nSPS) is 10.1. The molecule has 4 N–H and O–H groups in total. The highest BCUT2D eigenvalue weighted by molar-refractivity contribution is 6.14. The third-order valence-electron chi connectivity index (χ3n) is 1.74. The van der Waals surface area contributed by atoms with Gasteiger partial charge in [0, 0.05) is 13.1 Å². The van der Waals surface area contributed by atoms with Crippen molar-refractivity contribution in [1.29, 1.82) is 5.41 Å². The van der Waals surface area contributed by atoms with Crippen molar-refractivity contribution >= 4 is 35.8 Å². The minimum absolute atomic E-state index is 0.140. The smallest absolute Gasteiger partial charge is 0.356 e. The Morgan fingerprint density at radius 3 is 2.78 bits per heavy atom. The summed E-state index contributed by atoms with van der Waals surface area (Å²) in [6, 6.07) is 2.86. The molecule has 1 aromatic heterocycles. The van der Waals surface area contributed by atoms with Crippen LogP contribution in [0.25, 0.3) is 0 Å². The van der Waals surface area contributed by atoms with E-state index in [1.807, 2.05) is 0 Å². The fraction of sp³-hybridized carbons (Fsp3) is 0.100. The van der Waals surface area contributed by atoms with Crippen LogP contribution in [0.4, 0.5) is 11.5 Å². The van der Waals surface area contributed by atoms with Crippen LogP contribution in [0.5, 0.6) is 0 Å². The maximum absolute atomic E-state index is 11.0. The van der Waals surface area contributed by atoms with E-state index in [2.05, 4.69) is 20.8 Å². The topological polar surface area (TPSA) is 128 Å². The summed E-state index contributed by atoms with van der Waals surface area (Å²) in [5.74, 6) is -1.46. The summed E-state index contributed by atoms with van der Waals surface area (Å²) in [5, 5.41) is 21.7. The summed E-state index contributed by atoms with van der Waals surface area (Å²) in [6.45, 7) is 1.29. The van der Waals surface area contributed by atoms with Gasteiger partial charge >= 0.3 is 5.97 Å². The van der Waals surface area contributed by atoms with Crippen LogP contribution in [0, 0.1) is 5.41 Å². The molecule has 0 saturated heterocycles. The first-order valence-corrected chi connectivity index (χ1v) is 4.84. The number of nitrogens with zero attached hydrogens (tertiary/aromatic N) is 2. The first-order valence-electron chi connectivity index (χ1n) is 4.84. The van der Waals surface area contributed by atoms with E-state index in [1.165, 1.54) is 19.1 Å². The first-order chi connectivity index (χ1) is 8.54. The molecular weight excluding hydrogens is 238 g/mol. The lowest BCUT2D eigenvalue weighted by molar-refractivity contribution is -0.114. The summed E-state index contributed by atoms with van der Waals surface area (Å²) in [7, 11) is 0. The van der Waals surface area contributed by atoms with E-state index in [0.717, 1.165) is 12.4 Å². The molecule has 0 spiro atoms. The SMILES string of the molecule is CC(=O)Nc1ccc(N/N=C\C=N)c(C(=O)O)n1. The van der Waals surface area contributed by atoms with Crippen LogP contribution in [-0.4, -0.2) is 34.4 Å². The van der Waals surface area contributed by atoms with Gasteiger partial charge in [-0.25, -0.2) is 9.78 Å². The Hall–Kier alpha value is -2.77. The molecule has 1 rings (SSSR count). The molecule has 8 nitrogen and oxygen atoms in total. The predicted molar refractivity (Wildman–Crippen MR) is 66.4 cm³/mol. The number of anilines is 2. The van der Waals surface area contributed by atoms with Gasteiger partial charge in [0.2, 0.25) is 5.91 Å². The molecule has 0 radical (unpaired) electrons. The van der Waals surface area contributed by atoms with Crippen molar-refractivity contribution in [3.05, 3.63) is 17.8 Å². The van der Waals surface area contributed by atoms with Crippen LogP contribution in [0.15, 0.2) is 17.2 Å². The average molecular weight is 249 g/mol. The molecule has 0 aromatic carbocycles. The lowest BCUT2D eigenvalue weighted by atomic mass is 10.3. The van der Waals surface area contributed by atoms with Crippen LogP contribution in [0.1, 0.15) is 17.4 Å². The van der Waals surface area contributed by atoms with Gasteiger partial charge in [0.05, 0.1) is 11.9 Å². The number of carbonyl (C=O) groups is 2. The molecule has 1 amide bonds. The van der Waals surface area contributed by atoms with Gasteiger partial charge in [-0.2, -0.15) is 5.10 Å². The van der Waals surface area contributed by atoms with Crippen molar-refractivity contribution in [2.45, 2.75) is 6.92 Å². The van der Waals surface area contributed by atoms with Crippen LogP contribution >= 0.6 is 0 Å². The second kappa shape index (κ2) is 6.09. The molecule has 0 fully saturated rings. The zero-order chi connectivity index (χ0) is 13.5. The Morgan fingerprint density at radius 2 is 2.22 bits per heavy atom. The molecule has 94 valence electrons. The average Bonchev–Trinajstić information content (AvgIpc) is 2.30. The fourth-order valence-corrected chi connectivity index (χ4v) is 1.11. The van der Waals surface area contributed by atoms with E-state index >= 15 is 0 Å². The summed E-state index contributed by atoms with van der Waals surface area (Å²) in [5.41, 5.74) is 2.33. The standard InChI is InChI=1S/C10H11N5O3/c1-6(16)13-8-3-2-7(15-12-5-4-11)9(14-8)10(17)18/h2-5,11,15H,1H3,(H,17,18)(H,13,14,16)/b11-4?,12-5-. The van der Waals surface area contributed by atoms with Crippen molar-refractivity contribution in [1.82, 2.24) is 4.98 Å². The number of carboxylic acids is 1. The van der Waals surface area contributed by atoms with Gasteiger partial charge in [0.15, 0.2) is 5.69 Å². The number of hydrogen-bond donors (Lipinski definition) is 4. The molecule has 0 saturated carbocycles.